The lowest BCUT2D eigenvalue weighted by molar-refractivity contribution is -0.119. The first kappa shape index (κ1) is 20.4. The van der Waals surface area contributed by atoms with Gasteiger partial charge in [0.05, 0.1) is 7.11 Å². The van der Waals surface area contributed by atoms with E-state index in [1.54, 1.807) is 19.4 Å². The van der Waals surface area contributed by atoms with Gasteiger partial charge in [0.2, 0.25) is 5.91 Å². The molecule has 1 aliphatic rings. The third-order valence-corrected chi connectivity index (χ3v) is 5.91. The van der Waals surface area contributed by atoms with Gasteiger partial charge < -0.3 is 10.1 Å². The fourth-order valence-corrected chi connectivity index (χ4v) is 4.13. The predicted molar refractivity (Wildman–Crippen MR) is 124 cm³/mol. The van der Waals surface area contributed by atoms with Crippen LogP contribution >= 0.6 is 15.9 Å². The number of aromatic nitrogens is 1. The van der Waals surface area contributed by atoms with E-state index in [0.29, 0.717) is 12.2 Å². The van der Waals surface area contributed by atoms with E-state index in [-0.39, 0.29) is 17.7 Å². The van der Waals surface area contributed by atoms with Crippen molar-refractivity contribution in [3.8, 4) is 5.75 Å². The van der Waals surface area contributed by atoms with Gasteiger partial charge in [0.15, 0.2) is 0 Å². The molecule has 1 aliphatic carbocycles. The van der Waals surface area contributed by atoms with E-state index in [2.05, 4.69) is 68.7 Å². The fourth-order valence-electron chi connectivity index (χ4n) is 3.90. The normalized spacial score (nSPS) is 15.8. The van der Waals surface area contributed by atoms with Crippen molar-refractivity contribution in [1.82, 2.24) is 4.98 Å². The molecule has 3 aromatic rings. The van der Waals surface area contributed by atoms with Crippen LogP contribution in [0, 0.1) is 5.92 Å². The number of rotatable bonds is 6. The van der Waals surface area contributed by atoms with Crippen molar-refractivity contribution < 1.29 is 9.53 Å². The van der Waals surface area contributed by atoms with E-state index < -0.39 is 0 Å². The lowest BCUT2D eigenvalue weighted by Gasteiger charge is -2.20. The summed E-state index contributed by atoms with van der Waals surface area (Å²) in [5, 5.41) is 2.92. The number of hydrogen-bond donors (Lipinski definition) is 1. The minimum Gasteiger partial charge on any atom is -0.497 e. The van der Waals surface area contributed by atoms with Crippen LogP contribution in [0.3, 0.4) is 0 Å². The zero-order chi connectivity index (χ0) is 21.1. The summed E-state index contributed by atoms with van der Waals surface area (Å²) in [7, 11) is 1.67. The van der Waals surface area contributed by atoms with Gasteiger partial charge in [-0.1, -0.05) is 55.0 Å². The minimum atomic E-state index is -0.184. The Hall–Kier alpha value is -2.92. The molecule has 30 heavy (non-hydrogen) atoms. The summed E-state index contributed by atoms with van der Waals surface area (Å²) in [6, 6.07) is 20.3. The number of pyridine rings is 1. The molecule has 4 rings (SSSR count). The highest BCUT2D eigenvalue weighted by Gasteiger charge is 2.29. The van der Waals surface area contributed by atoms with Crippen LogP contribution in [0.25, 0.3) is 6.08 Å². The molecule has 1 N–H and O–H groups in total. The first-order valence-corrected chi connectivity index (χ1v) is 10.7. The lowest BCUT2D eigenvalue weighted by Crippen LogP contribution is -2.22. The number of carbonyl (C=O) groups is 1. The summed E-state index contributed by atoms with van der Waals surface area (Å²) in [5.74, 6) is 1.33. The van der Waals surface area contributed by atoms with Gasteiger partial charge in [-0.05, 0) is 63.3 Å². The second kappa shape index (κ2) is 8.84. The van der Waals surface area contributed by atoms with E-state index >= 15 is 0 Å². The van der Waals surface area contributed by atoms with Crippen molar-refractivity contribution in [2.24, 2.45) is 5.92 Å². The number of fused-ring (bicyclic) bond motifs is 1. The van der Waals surface area contributed by atoms with E-state index in [9.17, 15) is 4.79 Å². The molecule has 5 heteroatoms. The van der Waals surface area contributed by atoms with Gasteiger partial charge in [0, 0.05) is 22.5 Å². The molecular weight excluding hydrogens is 440 g/mol. The average Bonchev–Trinajstić information content (AvgIpc) is 3.13. The quantitative estimate of drug-likeness (QED) is 0.485. The van der Waals surface area contributed by atoms with Crippen LogP contribution in [0.1, 0.15) is 36.0 Å². The third kappa shape index (κ3) is 4.31. The molecule has 152 valence electrons. The molecule has 0 saturated heterocycles. The van der Waals surface area contributed by atoms with Gasteiger partial charge in [0.25, 0.3) is 0 Å². The van der Waals surface area contributed by atoms with Crippen molar-refractivity contribution >= 4 is 33.7 Å². The lowest BCUT2D eigenvalue weighted by atomic mass is 9.84. The van der Waals surface area contributed by atoms with Crippen molar-refractivity contribution in [3.05, 3.63) is 93.6 Å². The van der Waals surface area contributed by atoms with Crippen LogP contribution in [0.4, 0.5) is 5.82 Å². The van der Waals surface area contributed by atoms with E-state index in [0.717, 1.165) is 10.2 Å². The highest BCUT2D eigenvalue weighted by atomic mass is 79.9. The third-order valence-electron chi connectivity index (χ3n) is 5.44. The SMILES string of the molecule is COc1ccc(C2C(CC(C)C(=O)Nc3ccc(Br)cn3)=Cc3ccccc32)cc1. The first-order valence-electron chi connectivity index (χ1n) is 9.91. The number of benzene rings is 2. The number of ether oxygens (including phenoxy) is 1. The maximum Gasteiger partial charge on any atom is 0.228 e. The largest absolute Gasteiger partial charge is 0.497 e. The molecule has 1 amide bonds. The van der Waals surface area contributed by atoms with Crippen molar-refractivity contribution in [3.63, 3.8) is 0 Å². The smallest absolute Gasteiger partial charge is 0.228 e. The maximum absolute atomic E-state index is 12.8. The summed E-state index contributed by atoms with van der Waals surface area (Å²) in [6.07, 6.45) is 4.58. The molecule has 0 bridgehead atoms. The van der Waals surface area contributed by atoms with E-state index in [4.69, 9.17) is 4.74 Å². The Morgan fingerprint density at radius 3 is 2.60 bits per heavy atom. The molecule has 1 heterocycles. The van der Waals surface area contributed by atoms with Crippen LogP contribution in [-0.2, 0) is 4.79 Å². The minimum absolute atomic E-state index is 0.0323. The molecule has 0 fully saturated rings. The number of allylic oxidation sites excluding steroid dienone is 1. The molecule has 4 nitrogen and oxygen atoms in total. The zero-order valence-electron chi connectivity index (χ0n) is 16.9. The van der Waals surface area contributed by atoms with Crippen LogP contribution in [-0.4, -0.2) is 18.0 Å². The monoisotopic (exact) mass is 462 g/mol. The van der Waals surface area contributed by atoms with Gasteiger partial charge in [-0.15, -0.1) is 0 Å². The fraction of sp³-hybridized carbons (Fsp3) is 0.200. The number of halogens is 1. The summed E-state index contributed by atoms with van der Waals surface area (Å²) < 4.78 is 6.19. The topological polar surface area (TPSA) is 51.2 Å². The van der Waals surface area contributed by atoms with Gasteiger partial charge in [-0.2, -0.15) is 0 Å². The zero-order valence-corrected chi connectivity index (χ0v) is 18.5. The Kier molecular flexibility index (Phi) is 6.00. The second-order valence-electron chi connectivity index (χ2n) is 7.51. The molecule has 0 saturated carbocycles. The van der Waals surface area contributed by atoms with Crippen LogP contribution in [0.15, 0.2) is 76.9 Å². The Bertz CT molecular complexity index is 1080. The average molecular weight is 463 g/mol. The second-order valence-corrected chi connectivity index (χ2v) is 8.43. The van der Waals surface area contributed by atoms with Crippen LogP contribution in [0.2, 0.25) is 0 Å². The Labute approximate surface area is 185 Å². The molecule has 2 unspecified atom stereocenters. The van der Waals surface area contributed by atoms with Crippen molar-refractivity contribution in [2.75, 3.05) is 12.4 Å². The summed E-state index contributed by atoms with van der Waals surface area (Å²) in [4.78, 5) is 17.0. The Balaban J connectivity index is 1.55. The van der Waals surface area contributed by atoms with Gasteiger partial charge >= 0.3 is 0 Å². The molecular formula is C25H23BrN2O2. The van der Waals surface area contributed by atoms with Gasteiger partial charge in [-0.3, -0.25) is 4.79 Å². The molecule has 0 radical (unpaired) electrons. The molecule has 2 atom stereocenters. The number of carbonyl (C=O) groups excluding carboxylic acids is 1. The predicted octanol–water partition coefficient (Wildman–Crippen LogP) is 6.05. The molecule has 0 aliphatic heterocycles. The highest BCUT2D eigenvalue weighted by molar-refractivity contribution is 9.10. The van der Waals surface area contributed by atoms with E-state index in [1.807, 2.05) is 25.1 Å². The number of anilines is 1. The van der Waals surface area contributed by atoms with Crippen molar-refractivity contribution in [2.45, 2.75) is 19.3 Å². The number of hydrogen-bond acceptors (Lipinski definition) is 3. The molecule has 2 aromatic carbocycles. The van der Waals surface area contributed by atoms with Crippen molar-refractivity contribution in [1.29, 1.82) is 0 Å². The summed E-state index contributed by atoms with van der Waals surface area (Å²) in [6.45, 7) is 1.96. The maximum atomic E-state index is 12.8. The van der Waals surface area contributed by atoms with Crippen LogP contribution in [0.5, 0.6) is 5.75 Å². The van der Waals surface area contributed by atoms with Gasteiger partial charge in [-0.25, -0.2) is 4.98 Å². The number of amides is 1. The first-order chi connectivity index (χ1) is 14.5. The van der Waals surface area contributed by atoms with Crippen LogP contribution < -0.4 is 10.1 Å². The molecule has 0 spiro atoms. The number of methoxy groups -OCH3 is 1. The number of nitrogens with zero attached hydrogens (tertiary/aromatic N) is 1. The highest BCUT2D eigenvalue weighted by Crippen LogP contribution is 2.43. The molecule has 1 aromatic heterocycles. The number of nitrogens with one attached hydrogen (secondary N) is 1. The summed E-state index contributed by atoms with van der Waals surface area (Å²) >= 11 is 3.36. The van der Waals surface area contributed by atoms with Gasteiger partial charge in [0.1, 0.15) is 11.6 Å². The van der Waals surface area contributed by atoms with E-state index in [1.165, 1.54) is 22.3 Å². The Morgan fingerprint density at radius 1 is 1.13 bits per heavy atom. The summed E-state index contributed by atoms with van der Waals surface area (Å²) in [5.41, 5.74) is 4.94. The standard InChI is InChI=1S/C25H23BrN2O2/c1-16(25(29)28-23-12-9-20(26)15-27-23)13-19-14-18-5-3-4-6-22(18)24(19)17-7-10-21(30-2)11-8-17/h3-12,14-16,24H,13H2,1-2H3,(H,27,28,29). The Morgan fingerprint density at radius 2 is 1.90 bits per heavy atom.